The molecule has 1 aromatic heterocycles. The third-order valence-corrected chi connectivity index (χ3v) is 5.19. The first kappa shape index (κ1) is 17.6. The van der Waals surface area contributed by atoms with E-state index in [1.54, 1.807) is 0 Å². The molecule has 5 nitrogen and oxygen atoms in total. The molecule has 0 N–H and O–H groups in total. The second-order valence-electron chi connectivity index (χ2n) is 6.11. The van der Waals surface area contributed by atoms with Gasteiger partial charge < -0.3 is 4.90 Å². The van der Waals surface area contributed by atoms with Gasteiger partial charge in [0, 0.05) is 18.7 Å². The molecule has 2 heterocycles. The normalized spacial score (nSPS) is 13.9. The Bertz CT molecular complexity index is 787. The van der Waals surface area contributed by atoms with Crippen LogP contribution in [0.3, 0.4) is 0 Å². The number of likely N-dealkylation sites (tertiary alicyclic amines) is 1. The van der Waals surface area contributed by atoms with E-state index in [-0.39, 0.29) is 11.7 Å². The molecule has 1 aromatic carbocycles. The summed E-state index contributed by atoms with van der Waals surface area (Å²) >= 11 is 1.33. The molecule has 1 aliphatic rings. The van der Waals surface area contributed by atoms with Gasteiger partial charge in [0.15, 0.2) is 11.6 Å². The Balaban J connectivity index is 1.88. The van der Waals surface area contributed by atoms with Gasteiger partial charge in [-0.15, -0.1) is 0 Å². The number of carbonyl (C=O) groups is 2. The van der Waals surface area contributed by atoms with E-state index in [2.05, 4.69) is 9.97 Å². The highest BCUT2D eigenvalue weighted by atomic mass is 32.2. The smallest absolute Gasteiger partial charge is 0.232 e. The molecule has 6 heteroatoms. The lowest BCUT2D eigenvalue weighted by Gasteiger charge is -2.16. The van der Waals surface area contributed by atoms with Crippen molar-refractivity contribution in [2.24, 2.45) is 0 Å². The highest BCUT2D eigenvalue weighted by Crippen LogP contribution is 2.27. The van der Waals surface area contributed by atoms with E-state index in [1.165, 1.54) is 18.7 Å². The first-order valence-corrected chi connectivity index (χ1v) is 9.40. The van der Waals surface area contributed by atoms with Crippen molar-refractivity contribution in [1.82, 2.24) is 14.9 Å². The molecule has 0 atom stereocenters. The molecular weight excluding hydrogens is 334 g/mol. The minimum absolute atomic E-state index is 0.0757. The maximum absolute atomic E-state index is 12.3. The van der Waals surface area contributed by atoms with Gasteiger partial charge in [0.1, 0.15) is 5.03 Å². The molecule has 0 saturated carbocycles. The number of hydrogen-bond donors (Lipinski definition) is 0. The predicted molar refractivity (Wildman–Crippen MR) is 98.7 cm³/mol. The van der Waals surface area contributed by atoms with Crippen molar-refractivity contribution >= 4 is 23.5 Å². The second-order valence-corrected chi connectivity index (χ2v) is 7.08. The van der Waals surface area contributed by atoms with Crippen LogP contribution in [-0.4, -0.2) is 45.4 Å². The van der Waals surface area contributed by atoms with Crippen molar-refractivity contribution in [3.05, 3.63) is 41.6 Å². The SMILES string of the molecule is CC(=O)c1c(C)nc(-c2ccccc2)nc1SCC(=O)N1CCCC1. The van der Waals surface area contributed by atoms with E-state index in [4.69, 9.17) is 0 Å². The molecule has 1 aliphatic heterocycles. The van der Waals surface area contributed by atoms with E-state index in [1.807, 2.05) is 42.2 Å². The standard InChI is InChI=1S/C19H21N3O2S/c1-13-17(14(2)23)19(25-12-16(24)22-10-6-7-11-22)21-18(20-13)15-8-4-3-5-9-15/h3-5,8-9H,6-7,10-12H2,1-2H3. The Morgan fingerprint density at radius 3 is 2.44 bits per heavy atom. The fraction of sp³-hybridized carbons (Fsp3) is 0.368. The van der Waals surface area contributed by atoms with Gasteiger partial charge in [-0.05, 0) is 26.7 Å². The summed E-state index contributed by atoms with van der Waals surface area (Å²) in [7, 11) is 0. The Kier molecular flexibility index (Phi) is 5.48. The number of ketones is 1. The molecule has 1 amide bonds. The minimum Gasteiger partial charge on any atom is -0.342 e. The van der Waals surface area contributed by atoms with Gasteiger partial charge in [-0.25, -0.2) is 9.97 Å². The summed E-state index contributed by atoms with van der Waals surface area (Å²) in [5, 5.41) is 0.589. The van der Waals surface area contributed by atoms with Gasteiger partial charge >= 0.3 is 0 Å². The van der Waals surface area contributed by atoms with Crippen molar-refractivity contribution < 1.29 is 9.59 Å². The van der Waals surface area contributed by atoms with Crippen molar-refractivity contribution in [3.63, 3.8) is 0 Å². The first-order chi connectivity index (χ1) is 12.1. The van der Waals surface area contributed by atoms with Crippen molar-refractivity contribution in [2.75, 3.05) is 18.8 Å². The zero-order valence-electron chi connectivity index (χ0n) is 14.5. The van der Waals surface area contributed by atoms with E-state index in [0.29, 0.717) is 27.9 Å². The lowest BCUT2D eigenvalue weighted by molar-refractivity contribution is -0.127. The Labute approximate surface area is 151 Å². The maximum Gasteiger partial charge on any atom is 0.232 e. The van der Waals surface area contributed by atoms with Crippen molar-refractivity contribution in [2.45, 2.75) is 31.7 Å². The van der Waals surface area contributed by atoms with Crippen LogP contribution in [0.1, 0.15) is 35.8 Å². The third-order valence-electron chi connectivity index (χ3n) is 4.23. The molecule has 25 heavy (non-hydrogen) atoms. The van der Waals surface area contributed by atoms with Crippen LogP contribution in [0.4, 0.5) is 0 Å². The van der Waals surface area contributed by atoms with Crippen molar-refractivity contribution in [3.8, 4) is 11.4 Å². The number of Topliss-reactive ketones (excluding diaryl/α,β-unsaturated/α-hetero) is 1. The molecule has 0 radical (unpaired) electrons. The summed E-state index contributed by atoms with van der Waals surface area (Å²) in [5.41, 5.74) is 2.06. The maximum atomic E-state index is 12.3. The Hall–Kier alpha value is -2.21. The molecule has 130 valence electrons. The highest BCUT2D eigenvalue weighted by molar-refractivity contribution is 8.00. The van der Waals surface area contributed by atoms with Crippen LogP contribution in [0.25, 0.3) is 11.4 Å². The Morgan fingerprint density at radius 1 is 1.12 bits per heavy atom. The topological polar surface area (TPSA) is 63.2 Å². The summed E-state index contributed by atoms with van der Waals surface area (Å²) < 4.78 is 0. The van der Waals surface area contributed by atoms with E-state index in [9.17, 15) is 9.59 Å². The number of rotatable bonds is 5. The summed E-state index contributed by atoms with van der Waals surface area (Å²) in [6.07, 6.45) is 2.14. The molecule has 0 bridgehead atoms. The van der Waals surface area contributed by atoms with Gasteiger partial charge in [-0.1, -0.05) is 42.1 Å². The van der Waals surface area contributed by atoms with Crippen LogP contribution < -0.4 is 0 Å². The molecule has 0 spiro atoms. The highest BCUT2D eigenvalue weighted by Gasteiger charge is 2.21. The number of amides is 1. The molecule has 1 fully saturated rings. The largest absolute Gasteiger partial charge is 0.342 e. The van der Waals surface area contributed by atoms with Crippen LogP contribution in [-0.2, 0) is 4.79 Å². The lowest BCUT2D eigenvalue weighted by Crippen LogP contribution is -2.29. The molecule has 0 aliphatic carbocycles. The summed E-state index contributed by atoms with van der Waals surface area (Å²) in [6, 6.07) is 9.66. The average Bonchev–Trinajstić information content (AvgIpc) is 3.14. The van der Waals surface area contributed by atoms with Gasteiger partial charge in [-0.3, -0.25) is 9.59 Å². The number of thioether (sulfide) groups is 1. The number of aromatic nitrogens is 2. The monoisotopic (exact) mass is 355 g/mol. The van der Waals surface area contributed by atoms with Gasteiger partial charge in [0.2, 0.25) is 5.91 Å². The first-order valence-electron chi connectivity index (χ1n) is 8.42. The van der Waals surface area contributed by atoms with E-state index >= 15 is 0 Å². The number of aryl methyl sites for hydroxylation is 1. The number of benzene rings is 1. The molecule has 1 saturated heterocycles. The van der Waals surface area contributed by atoms with Gasteiger partial charge in [0.25, 0.3) is 0 Å². The average molecular weight is 355 g/mol. The second kappa shape index (κ2) is 7.78. The third kappa shape index (κ3) is 4.07. The molecule has 3 rings (SSSR count). The molecule has 0 unspecified atom stereocenters. The molecular formula is C19H21N3O2S. The fourth-order valence-electron chi connectivity index (χ4n) is 2.96. The zero-order valence-corrected chi connectivity index (χ0v) is 15.3. The predicted octanol–water partition coefficient (Wildman–Crippen LogP) is 3.37. The number of nitrogens with zero attached hydrogens (tertiary/aromatic N) is 3. The quantitative estimate of drug-likeness (QED) is 0.467. The van der Waals surface area contributed by atoms with E-state index < -0.39 is 0 Å². The van der Waals surface area contributed by atoms with Crippen LogP contribution in [0.15, 0.2) is 35.4 Å². The summed E-state index contributed by atoms with van der Waals surface area (Å²) in [5.74, 6) is 0.910. The van der Waals surface area contributed by atoms with Crippen LogP contribution in [0.5, 0.6) is 0 Å². The number of carbonyl (C=O) groups excluding carboxylic acids is 2. The van der Waals surface area contributed by atoms with Crippen molar-refractivity contribution in [1.29, 1.82) is 0 Å². The fourth-order valence-corrected chi connectivity index (χ4v) is 3.99. The minimum atomic E-state index is -0.0757. The van der Waals surface area contributed by atoms with Crippen LogP contribution in [0.2, 0.25) is 0 Å². The Morgan fingerprint density at radius 2 is 1.80 bits per heavy atom. The summed E-state index contributed by atoms with van der Waals surface area (Å²) in [6.45, 7) is 4.99. The van der Waals surface area contributed by atoms with Crippen LogP contribution >= 0.6 is 11.8 Å². The van der Waals surface area contributed by atoms with Crippen LogP contribution in [0, 0.1) is 6.92 Å². The summed E-state index contributed by atoms with van der Waals surface area (Å²) in [4.78, 5) is 35.3. The van der Waals surface area contributed by atoms with Gasteiger partial charge in [-0.2, -0.15) is 0 Å². The molecule has 2 aromatic rings. The van der Waals surface area contributed by atoms with E-state index in [0.717, 1.165) is 31.5 Å². The lowest BCUT2D eigenvalue weighted by atomic mass is 10.1. The number of hydrogen-bond acceptors (Lipinski definition) is 5. The van der Waals surface area contributed by atoms with Gasteiger partial charge in [0.05, 0.1) is 17.0 Å². The zero-order chi connectivity index (χ0) is 17.8.